The first kappa shape index (κ1) is 14.0. The predicted octanol–water partition coefficient (Wildman–Crippen LogP) is 1.76. The largest absolute Gasteiger partial charge is 0.369 e. The Morgan fingerprint density at radius 3 is 2.84 bits per heavy atom. The second-order valence-electron chi connectivity index (χ2n) is 5.20. The number of para-hydroxylation sites is 1. The zero-order chi connectivity index (χ0) is 13.8. The third kappa shape index (κ3) is 2.96. The molecule has 0 radical (unpaired) electrons. The zero-order valence-corrected chi connectivity index (χ0v) is 11.8. The van der Waals surface area contributed by atoms with Crippen LogP contribution in [0.3, 0.4) is 0 Å². The molecule has 1 aromatic carbocycles. The van der Waals surface area contributed by atoms with Crippen molar-refractivity contribution in [3.05, 3.63) is 29.8 Å². The van der Waals surface area contributed by atoms with Crippen LogP contribution in [-0.2, 0) is 9.53 Å². The van der Waals surface area contributed by atoms with Crippen molar-refractivity contribution >= 4 is 11.6 Å². The molecule has 0 spiro atoms. The first-order valence-corrected chi connectivity index (χ1v) is 6.78. The van der Waals surface area contributed by atoms with Gasteiger partial charge in [-0.2, -0.15) is 0 Å². The maximum Gasteiger partial charge on any atom is 0.253 e. The summed E-state index contributed by atoms with van der Waals surface area (Å²) >= 11 is 0. The molecule has 1 amide bonds. The van der Waals surface area contributed by atoms with Gasteiger partial charge in [-0.05, 0) is 24.6 Å². The van der Waals surface area contributed by atoms with Gasteiger partial charge in [-0.25, -0.2) is 0 Å². The summed E-state index contributed by atoms with van der Waals surface area (Å²) < 4.78 is 5.37. The summed E-state index contributed by atoms with van der Waals surface area (Å²) in [5.41, 5.74) is 2.23. The van der Waals surface area contributed by atoms with Gasteiger partial charge in [0.2, 0.25) is 0 Å². The Labute approximate surface area is 114 Å². The lowest BCUT2D eigenvalue weighted by Gasteiger charge is -2.37. The van der Waals surface area contributed by atoms with E-state index in [4.69, 9.17) is 4.74 Å². The Morgan fingerprint density at radius 2 is 2.16 bits per heavy atom. The van der Waals surface area contributed by atoms with Crippen LogP contribution in [-0.4, -0.2) is 38.8 Å². The molecular weight excluding hydrogens is 240 g/mol. The molecule has 1 aliphatic rings. The van der Waals surface area contributed by atoms with Gasteiger partial charge >= 0.3 is 0 Å². The summed E-state index contributed by atoms with van der Waals surface area (Å²) in [7, 11) is 1.89. The number of likely N-dealkylation sites (N-methyl/N-ethyl adjacent to an activating group) is 1. The van der Waals surface area contributed by atoms with Gasteiger partial charge in [0.15, 0.2) is 0 Å². The first-order valence-electron chi connectivity index (χ1n) is 6.78. The van der Waals surface area contributed by atoms with Crippen LogP contribution < -0.4 is 10.2 Å². The van der Waals surface area contributed by atoms with E-state index in [1.165, 1.54) is 5.56 Å². The highest BCUT2D eigenvalue weighted by Gasteiger charge is 2.31. The molecule has 0 saturated carbocycles. The molecule has 1 fully saturated rings. The second kappa shape index (κ2) is 6.17. The van der Waals surface area contributed by atoms with Crippen LogP contribution in [0.5, 0.6) is 0 Å². The topological polar surface area (TPSA) is 41.6 Å². The number of hydrogen-bond acceptors (Lipinski definition) is 3. The van der Waals surface area contributed by atoms with Gasteiger partial charge in [-0.1, -0.05) is 32.0 Å². The average molecular weight is 262 g/mol. The van der Waals surface area contributed by atoms with Crippen LogP contribution >= 0.6 is 0 Å². The molecule has 1 atom stereocenters. The number of rotatable bonds is 4. The molecular formula is C15H22N2O2. The highest BCUT2D eigenvalue weighted by molar-refractivity contribution is 5.96. The van der Waals surface area contributed by atoms with Crippen molar-refractivity contribution in [2.24, 2.45) is 0 Å². The molecule has 4 nitrogen and oxygen atoms in total. The van der Waals surface area contributed by atoms with E-state index in [9.17, 15) is 4.79 Å². The summed E-state index contributed by atoms with van der Waals surface area (Å²) in [6.45, 7) is 5.79. The Balaban J connectivity index is 2.38. The lowest BCUT2D eigenvalue weighted by atomic mass is 9.99. The number of benzene rings is 1. The average Bonchev–Trinajstić information content (AvgIpc) is 2.39. The highest BCUT2D eigenvalue weighted by atomic mass is 16.5. The zero-order valence-electron chi connectivity index (χ0n) is 11.8. The minimum absolute atomic E-state index is 0.0413. The van der Waals surface area contributed by atoms with E-state index in [1.807, 2.05) is 30.1 Å². The molecule has 2 rings (SSSR count). The maximum absolute atomic E-state index is 12.2. The molecule has 19 heavy (non-hydrogen) atoms. The van der Waals surface area contributed by atoms with Crippen molar-refractivity contribution in [2.75, 3.05) is 31.7 Å². The second-order valence-corrected chi connectivity index (χ2v) is 5.20. The molecule has 1 heterocycles. The van der Waals surface area contributed by atoms with Crippen LogP contribution in [0, 0.1) is 0 Å². The Morgan fingerprint density at radius 1 is 1.42 bits per heavy atom. The summed E-state index contributed by atoms with van der Waals surface area (Å²) in [6, 6.07) is 8.20. The van der Waals surface area contributed by atoms with E-state index >= 15 is 0 Å². The van der Waals surface area contributed by atoms with E-state index in [1.54, 1.807) is 0 Å². The van der Waals surface area contributed by atoms with Gasteiger partial charge in [0.25, 0.3) is 5.91 Å². The van der Waals surface area contributed by atoms with Crippen LogP contribution in [0.1, 0.15) is 25.3 Å². The van der Waals surface area contributed by atoms with Crippen LogP contribution in [0.15, 0.2) is 24.3 Å². The summed E-state index contributed by atoms with van der Waals surface area (Å²) in [6.07, 6.45) is 0. The SMILES string of the molecule is CNCC1COCC(=O)N1c1ccccc1C(C)C. The van der Waals surface area contributed by atoms with Crippen molar-refractivity contribution in [2.45, 2.75) is 25.8 Å². The summed E-state index contributed by atoms with van der Waals surface area (Å²) in [4.78, 5) is 14.1. The van der Waals surface area contributed by atoms with Crippen molar-refractivity contribution in [3.8, 4) is 0 Å². The smallest absolute Gasteiger partial charge is 0.253 e. The molecule has 1 saturated heterocycles. The normalized spacial score (nSPS) is 20.1. The van der Waals surface area contributed by atoms with Gasteiger partial charge in [0.1, 0.15) is 6.61 Å². The monoisotopic (exact) mass is 262 g/mol. The van der Waals surface area contributed by atoms with E-state index in [0.29, 0.717) is 12.5 Å². The number of morpholine rings is 1. The lowest BCUT2D eigenvalue weighted by Crippen LogP contribution is -2.53. The molecule has 104 valence electrons. The van der Waals surface area contributed by atoms with Crippen molar-refractivity contribution in [3.63, 3.8) is 0 Å². The van der Waals surface area contributed by atoms with Crippen LogP contribution in [0.2, 0.25) is 0 Å². The fraction of sp³-hybridized carbons (Fsp3) is 0.533. The molecule has 1 N–H and O–H groups in total. The van der Waals surface area contributed by atoms with E-state index in [2.05, 4.69) is 25.2 Å². The number of hydrogen-bond donors (Lipinski definition) is 1. The minimum atomic E-state index is 0.0413. The highest BCUT2D eigenvalue weighted by Crippen LogP contribution is 2.30. The third-order valence-electron chi connectivity index (χ3n) is 3.43. The number of nitrogens with one attached hydrogen (secondary N) is 1. The quantitative estimate of drug-likeness (QED) is 0.899. The standard InChI is InChI=1S/C15H22N2O2/c1-11(2)13-6-4-5-7-14(13)17-12(8-16-3)9-19-10-15(17)18/h4-7,11-12,16H,8-10H2,1-3H3. The number of carbonyl (C=O) groups is 1. The predicted molar refractivity (Wildman–Crippen MR) is 76.6 cm³/mol. The molecule has 0 aromatic heterocycles. The fourth-order valence-electron chi connectivity index (χ4n) is 2.54. The molecule has 1 aromatic rings. The number of carbonyl (C=O) groups excluding carboxylic acids is 1. The molecule has 1 unspecified atom stereocenters. The fourth-order valence-corrected chi connectivity index (χ4v) is 2.54. The van der Waals surface area contributed by atoms with Gasteiger partial charge in [-0.3, -0.25) is 4.79 Å². The molecule has 0 bridgehead atoms. The van der Waals surface area contributed by atoms with Gasteiger partial charge < -0.3 is 15.0 Å². The van der Waals surface area contributed by atoms with Crippen LogP contribution in [0.25, 0.3) is 0 Å². The third-order valence-corrected chi connectivity index (χ3v) is 3.43. The maximum atomic E-state index is 12.2. The Hall–Kier alpha value is -1.39. The van der Waals surface area contributed by atoms with Gasteiger partial charge in [0.05, 0.1) is 12.6 Å². The summed E-state index contributed by atoms with van der Waals surface area (Å²) in [5.74, 6) is 0.432. The minimum Gasteiger partial charge on any atom is -0.369 e. The number of amides is 1. The molecule has 0 aliphatic carbocycles. The summed E-state index contributed by atoms with van der Waals surface area (Å²) in [5, 5.41) is 3.13. The van der Waals surface area contributed by atoms with Gasteiger partial charge in [0, 0.05) is 12.2 Å². The number of anilines is 1. The van der Waals surface area contributed by atoms with E-state index in [-0.39, 0.29) is 18.6 Å². The number of ether oxygens (including phenoxy) is 1. The Kier molecular flexibility index (Phi) is 4.56. The lowest BCUT2D eigenvalue weighted by molar-refractivity contribution is -0.127. The molecule has 1 aliphatic heterocycles. The van der Waals surface area contributed by atoms with Crippen molar-refractivity contribution < 1.29 is 9.53 Å². The van der Waals surface area contributed by atoms with E-state index < -0.39 is 0 Å². The van der Waals surface area contributed by atoms with Crippen molar-refractivity contribution in [1.29, 1.82) is 0 Å². The van der Waals surface area contributed by atoms with Gasteiger partial charge in [-0.15, -0.1) is 0 Å². The first-order chi connectivity index (χ1) is 9.15. The number of nitrogens with zero attached hydrogens (tertiary/aromatic N) is 1. The molecule has 4 heteroatoms. The van der Waals surface area contributed by atoms with Crippen molar-refractivity contribution in [1.82, 2.24) is 5.32 Å². The van der Waals surface area contributed by atoms with Crippen LogP contribution in [0.4, 0.5) is 5.69 Å². The Bertz CT molecular complexity index is 444. The van der Waals surface area contributed by atoms with E-state index in [0.717, 1.165) is 12.2 Å².